The molecule has 4 aromatic rings. The van der Waals surface area contributed by atoms with E-state index < -0.39 is 0 Å². The van der Waals surface area contributed by atoms with Gasteiger partial charge < -0.3 is 9.64 Å². The van der Waals surface area contributed by atoms with Gasteiger partial charge in [-0.25, -0.2) is 9.50 Å². The van der Waals surface area contributed by atoms with Crippen molar-refractivity contribution in [3.05, 3.63) is 65.9 Å². The van der Waals surface area contributed by atoms with Crippen LogP contribution in [0.1, 0.15) is 15.9 Å². The van der Waals surface area contributed by atoms with Crippen LogP contribution < -0.4 is 0 Å². The Morgan fingerprint density at radius 2 is 1.69 bits per heavy atom. The van der Waals surface area contributed by atoms with Gasteiger partial charge >= 0.3 is 0 Å². The van der Waals surface area contributed by atoms with Crippen molar-refractivity contribution >= 4 is 22.2 Å². The van der Waals surface area contributed by atoms with Gasteiger partial charge in [-0.15, -0.1) is 0 Å². The zero-order valence-electron chi connectivity index (χ0n) is 16.0. The number of ether oxygens (including phenoxy) is 1. The van der Waals surface area contributed by atoms with Crippen molar-refractivity contribution in [2.45, 2.75) is 6.92 Å². The lowest BCUT2D eigenvalue weighted by atomic mass is 10.1. The molecule has 2 aromatic carbocycles. The number of aryl methyl sites for hydroxylation is 1. The average Bonchev–Trinajstić information content (AvgIpc) is 3.36. The third-order valence-corrected chi connectivity index (χ3v) is 6.08. The molecule has 6 nitrogen and oxygen atoms in total. The molecule has 0 unspecified atom stereocenters. The number of hydrogen-bond acceptors (Lipinski definition) is 5. The fraction of sp³-hybridized carbons (Fsp3) is 0.227. The number of imidazole rings is 1. The fourth-order valence-corrected chi connectivity index (χ4v) is 4.32. The van der Waals surface area contributed by atoms with Crippen LogP contribution in [0.5, 0.6) is 0 Å². The van der Waals surface area contributed by atoms with Crippen LogP contribution in [0, 0.1) is 6.92 Å². The Balaban J connectivity index is 1.42. The van der Waals surface area contributed by atoms with Crippen molar-refractivity contribution in [1.82, 2.24) is 19.5 Å². The first kappa shape index (κ1) is 18.0. The van der Waals surface area contributed by atoms with Gasteiger partial charge in [0.2, 0.25) is 4.96 Å². The first-order valence-electron chi connectivity index (χ1n) is 9.58. The van der Waals surface area contributed by atoms with Crippen LogP contribution in [0.15, 0.2) is 54.7 Å². The molecule has 1 fully saturated rings. The van der Waals surface area contributed by atoms with E-state index in [0.717, 1.165) is 26.8 Å². The molecule has 1 saturated heterocycles. The number of morpholine rings is 1. The van der Waals surface area contributed by atoms with E-state index in [4.69, 9.17) is 9.84 Å². The molecular weight excluding hydrogens is 384 g/mol. The quantitative estimate of drug-likeness (QED) is 0.520. The molecular formula is C22H20N4O2S. The molecule has 0 N–H and O–H groups in total. The zero-order valence-corrected chi connectivity index (χ0v) is 16.9. The maximum Gasteiger partial charge on any atom is 0.254 e. The Hall–Kier alpha value is -3.03. The predicted octanol–water partition coefficient (Wildman–Crippen LogP) is 3.91. The maximum atomic E-state index is 12.6. The molecule has 1 aliphatic rings. The molecule has 1 amide bonds. The van der Waals surface area contributed by atoms with Gasteiger partial charge in [0.1, 0.15) is 5.01 Å². The molecule has 5 rings (SSSR count). The Kier molecular flexibility index (Phi) is 4.61. The van der Waals surface area contributed by atoms with Crippen LogP contribution in [0.25, 0.3) is 26.8 Å². The summed E-state index contributed by atoms with van der Waals surface area (Å²) in [5.41, 5.74) is 4.96. The van der Waals surface area contributed by atoms with Crippen molar-refractivity contribution in [3.63, 3.8) is 0 Å². The molecule has 2 aromatic heterocycles. The van der Waals surface area contributed by atoms with E-state index in [2.05, 4.69) is 36.2 Å². The van der Waals surface area contributed by atoms with Crippen LogP contribution in [0.3, 0.4) is 0 Å². The molecule has 7 heteroatoms. The summed E-state index contributed by atoms with van der Waals surface area (Å²) in [5.74, 6) is 0.0513. The summed E-state index contributed by atoms with van der Waals surface area (Å²) in [7, 11) is 0. The minimum Gasteiger partial charge on any atom is -0.378 e. The van der Waals surface area contributed by atoms with E-state index in [1.165, 1.54) is 5.56 Å². The molecule has 0 saturated carbocycles. The van der Waals surface area contributed by atoms with Crippen LogP contribution in [-0.2, 0) is 4.74 Å². The summed E-state index contributed by atoms with van der Waals surface area (Å²) in [6, 6.07) is 16.0. The highest BCUT2D eigenvalue weighted by molar-refractivity contribution is 7.19. The highest BCUT2D eigenvalue weighted by Gasteiger charge is 2.19. The van der Waals surface area contributed by atoms with Gasteiger partial charge in [0.05, 0.1) is 25.1 Å². The van der Waals surface area contributed by atoms with Crippen molar-refractivity contribution in [1.29, 1.82) is 0 Å². The van der Waals surface area contributed by atoms with Crippen molar-refractivity contribution in [3.8, 4) is 21.8 Å². The summed E-state index contributed by atoms with van der Waals surface area (Å²) in [5, 5.41) is 5.65. The Labute approximate surface area is 172 Å². The van der Waals surface area contributed by atoms with Crippen LogP contribution in [-0.4, -0.2) is 51.7 Å². The molecule has 0 bridgehead atoms. The molecule has 0 spiro atoms. The van der Waals surface area contributed by atoms with E-state index in [1.54, 1.807) is 11.3 Å². The largest absolute Gasteiger partial charge is 0.378 e. The molecule has 146 valence electrons. The normalized spacial score (nSPS) is 14.4. The minimum absolute atomic E-state index is 0.0513. The molecule has 1 aliphatic heterocycles. The van der Waals surface area contributed by atoms with Crippen LogP contribution in [0.4, 0.5) is 0 Å². The second-order valence-electron chi connectivity index (χ2n) is 7.09. The number of carbonyl (C=O) groups is 1. The molecule has 0 radical (unpaired) electrons. The van der Waals surface area contributed by atoms with Crippen LogP contribution in [0.2, 0.25) is 0 Å². The third-order valence-electron chi connectivity index (χ3n) is 5.11. The fourth-order valence-electron chi connectivity index (χ4n) is 3.43. The summed E-state index contributed by atoms with van der Waals surface area (Å²) >= 11 is 1.54. The lowest BCUT2D eigenvalue weighted by molar-refractivity contribution is 0.0303. The first-order chi connectivity index (χ1) is 14.2. The van der Waals surface area contributed by atoms with Gasteiger partial charge in [0, 0.05) is 29.8 Å². The predicted molar refractivity (Wildman–Crippen MR) is 113 cm³/mol. The lowest BCUT2D eigenvalue weighted by Crippen LogP contribution is -2.40. The number of carbonyl (C=O) groups excluding carboxylic acids is 1. The standard InChI is InChI=1S/C22H20N4O2S/c1-15-2-4-16(5-3-15)19-14-23-22-26(19)24-20(29-22)17-6-8-18(9-7-17)21(27)25-10-12-28-13-11-25/h2-9,14H,10-13H2,1H3. The minimum atomic E-state index is 0.0513. The van der Waals surface area contributed by atoms with Crippen molar-refractivity contribution in [2.24, 2.45) is 0 Å². The van der Waals surface area contributed by atoms with Gasteiger partial charge in [-0.05, 0) is 19.1 Å². The summed E-state index contributed by atoms with van der Waals surface area (Å²) in [4.78, 5) is 19.8. The molecule has 0 atom stereocenters. The van der Waals surface area contributed by atoms with Gasteiger partial charge in [0.25, 0.3) is 5.91 Å². The average molecular weight is 404 g/mol. The van der Waals surface area contributed by atoms with E-state index in [1.807, 2.05) is 39.9 Å². The Morgan fingerprint density at radius 3 is 2.41 bits per heavy atom. The molecule has 29 heavy (non-hydrogen) atoms. The Bertz CT molecular complexity index is 1160. The van der Waals surface area contributed by atoms with Gasteiger partial charge in [0.15, 0.2) is 0 Å². The second-order valence-corrected chi connectivity index (χ2v) is 8.05. The zero-order chi connectivity index (χ0) is 19.8. The Morgan fingerprint density at radius 1 is 1.00 bits per heavy atom. The monoisotopic (exact) mass is 404 g/mol. The highest BCUT2D eigenvalue weighted by atomic mass is 32.1. The number of hydrogen-bond donors (Lipinski definition) is 0. The van der Waals surface area contributed by atoms with Gasteiger partial charge in [-0.1, -0.05) is 53.3 Å². The van der Waals surface area contributed by atoms with E-state index >= 15 is 0 Å². The molecule has 3 heterocycles. The van der Waals surface area contributed by atoms with Crippen molar-refractivity contribution < 1.29 is 9.53 Å². The maximum absolute atomic E-state index is 12.6. The molecule has 0 aliphatic carbocycles. The van der Waals surface area contributed by atoms with E-state index in [9.17, 15) is 4.79 Å². The van der Waals surface area contributed by atoms with Gasteiger partial charge in [-0.3, -0.25) is 4.79 Å². The smallest absolute Gasteiger partial charge is 0.254 e. The topological polar surface area (TPSA) is 59.7 Å². The van der Waals surface area contributed by atoms with Gasteiger partial charge in [-0.2, -0.15) is 5.10 Å². The summed E-state index contributed by atoms with van der Waals surface area (Å²) < 4.78 is 7.21. The summed E-state index contributed by atoms with van der Waals surface area (Å²) in [6.07, 6.45) is 1.86. The second kappa shape index (κ2) is 7.42. The number of amides is 1. The number of aromatic nitrogens is 3. The van der Waals surface area contributed by atoms with Crippen molar-refractivity contribution in [2.75, 3.05) is 26.3 Å². The van der Waals surface area contributed by atoms with E-state index in [0.29, 0.717) is 31.9 Å². The first-order valence-corrected chi connectivity index (χ1v) is 10.4. The van der Waals surface area contributed by atoms with Crippen LogP contribution >= 0.6 is 11.3 Å². The number of rotatable bonds is 3. The number of fused-ring (bicyclic) bond motifs is 1. The number of nitrogens with zero attached hydrogens (tertiary/aromatic N) is 4. The lowest BCUT2D eigenvalue weighted by Gasteiger charge is -2.26. The number of benzene rings is 2. The van der Waals surface area contributed by atoms with E-state index in [-0.39, 0.29) is 5.91 Å². The summed E-state index contributed by atoms with van der Waals surface area (Å²) in [6.45, 7) is 4.57. The SMILES string of the molecule is Cc1ccc(-c2cnc3sc(-c4ccc(C(=O)N5CCOCC5)cc4)nn23)cc1. The third kappa shape index (κ3) is 3.43. The highest BCUT2D eigenvalue weighted by Crippen LogP contribution is 2.29.